The smallest absolute Gasteiger partial charge is 0.0951 e. The minimum Gasteiger partial charge on any atom is -0.380 e. The maximum atomic E-state index is 6.87. The van der Waals surface area contributed by atoms with Crippen molar-refractivity contribution in [2.75, 3.05) is 39.6 Å². The Labute approximate surface area is 158 Å². The third-order valence-electron chi connectivity index (χ3n) is 8.52. The molecule has 4 nitrogen and oxygen atoms in total. The van der Waals surface area contributed by atoms with E-state index in [1.807, 2.05) is 0 Å². The normalized spacial score (nSPS) is 44.5. The molecule has 2 aliphatic heterocycles. The molecule has 0 radical (unpaired) electrons. The number of hydrogen-bond acceptors (Lipinski definition) is 4. The zero-order valence-electron chi connectivity index (χ0n) is 16.6. The molecule has 4 aliphatic carbocycles. The van der Waals surface area contributed by atoms with Crippen LogP contribution in [0.3, 0.4) is 0 Å². The first-order valence-corrected chi connectivity index (χ1v) is 11.0. The first-order chi connectivity index (χ1) is 12.6. The van der Waals surface area contributed by atoms with Gasteiger partial charge in [0.15, 0.2) is 0 Å². The van der Waals surface area contributed by atoms with Crippen molar-refractivity contribution in [2.24, 2.45) is 28.6 Å². The molecule has 6 aliphatic rings. The molecule has 0 N–H and O–H groups in total. The van der Waals surface area contributed by atoms with E-state index in [1.54, 1.807) is 0 Å². The van der Waals surface area contributed by atoms with Crippen LogP contribution in [0.25, 0.3) is 0 Å². The Morgan fingerprint density at radius 3 is 1.88 bits per heavy atom. The summed E-state index contributed by atoms with van der Waals surface area (Å²) in [5.41, 5.74) is 0.509. The van der Waals surface area contributed by atoms with Gasteiger partial charge >= 0.3 is 0 Å². The summed E-state index contributed by atoms with van der Waals surface area (Å²) in [6.07, 6.45) is 9.22. The summed E-state index contributed by atoms with van der Waals surface area (Å²) in [7, 11) is 0. The second-order valence-corrected chi connectivity index (χ2v) is 10.4. The topological polar surface area (TPSA) is 36.9 Å². The predicted octanol–water partition coefficient (Wildman–Crippen LogP) is 3.82. The highest BCUT2D eigenvalue weighted by Crippen LogP contribution is 2.59. The van der Waals surface area contributed by atoms with Gasteiger partial charge in [0.25, 0.3) is 0 Å². The molecule has 2 saturated heterocycles. The van der Waals surface area contributed by atoms with Crippen molar-refractivity contribution in [1.29, 1.82) is 0 Å². The van der Waals surface area contributed by atoms with E-state index in [0.29, 0.717) is 12.0 Å². The highest BCUT2D eigenvalue weighted by atomic mass is 16.6. The molecule has 0 aromatic carbocycles. The minimum atomic E-state index is -0.0218. The van der Waals surface area contributed by atoms with Crippen LogP contribution in [-0.2, 0) is 18.9 Å². The van der Waals surface area contributed by atoms with Gasteiger partial charge in [-0.25, -0.2) is 0 Å². The van der Waals surface area contributed by atoms with Gasteiger partial charge in [0.2, 0.25) is 0 Å². The summed E-state index contributed by atoms with van der Waals surface area (Å²) < 4.78 is 24.6. The van der Waals surface area contributed by atoms with Crippen molar-refractivity contribution in [1.82, 2.24) is 0 Å². The number of hydrogen-bond donors (Lipinski definition) is 0. The molecule has 0 aromatic heterocycles. The molecule has 0 spiro atoms. The summed E-state index contributed by atoms with van der Waals surface area (Å²) in [5.74, 6) is 2.45. The Hall–Kier alpha value is -0.160. The Kier molecular flexibility index (Phi) is 4.43. The zero-order valence-corrected chi connectivity index (χ0v) is 16.6. The SMILES string of the molecule is CCC1(COC2C3CC4CC(C3)CC2(OCC2(CC)COC2)C4)COC1. The van der Waals surface area contributed by atoms with Gasteiger partial charge in [-0.15, -0.1) is 0 Å². The van der Waals surface area contributed by atoms with Crippen LogP contribution in [0.4, 0.5) is 0 Å². The van der Waals surface area contributed by atoms with E-state index in [9.17, 15) is 0 Å². The third kappa shape index (κ3) is 2.78. The zero-order chi connectivity index (χ0) is 17.8. The Bertz CT molecular complexity index is 499. The monoisotopic (exact) mass is 364 g/mol. The lowest BCUT2D eigenvalue weighted by Crippen LogP contribution is -2.64. The van der Waals surface area contributed by atoms with E-state index in [2.05, 4.69) is 13.8 Å². The molecule has 6 fully saturated rings. The predicted molar refractivity (Wildman–Crippen MR) is 99.1 cm³/mol. The van der Waals surface area contributed by atoms with Gasteiger partial charge in [-0.05, 0) is 62.7 Å². The molecule has 148 valence electrons. The van der Waals surface area contributed by atoms with Crippen molar-refractivity contribution in [3.05, 3.63) is 0 Å². The lowest BCUT2D eigenvalue weighted by Gasteiger charge is -2.61. The summed E-state index contributed by atoms with van der Waals surface area (Å²) >= 11 is 0. The summed E-state index contributed by atoms with van der Waals surface area (Å²) in [6.45, 7) is 9.75. The van der Waals surface area contributed by atoms with Gasteiger partial charge in [-0.1, -0.05) is 13.8 Å². The van der Waals surface area contributed by atoms with Crippen molar-refractivity contribution in [2.45, 2.75) is 70.5 Å². The molecule has 4 bridgehead atoms. The maximum Gasteiger partial charge on any atom is 0.0951 e. The van der Waals surface area contributed by atoms with Gasteiger partial charge in [0.05, 0.1) is 51.3 Å². The molecule has 0 aromatic rings. The quantitative estimate of drug-likeness (QED) is 0.656. The van der Waals surface area contributed by atoms with Crippen LogP contribution < -0.4 is 0 Å². The second-order valence-electron chi connectivity index (χ2n) is 10.4. The summed E-state index contributed by atoms with van der Waals surface area (Å²) in [4.78, 5) is 0. The molecule has 26 heavy (non-hydrogen) atoms. The van der Waals surface area contributed by atoms with Gasteiger partial charge in [-0.2, -0.15) is 0 Å². The largest absolute Gasteiger partial charge is 0.380 e. The highest BCUT2D eigenvalue weighted by Gasteiger charge is 2.60. The van der Waals surface area contributed by atoms with Crippen LogP contribution in [0.2, 0.25) is 0 Å². The lowest BCUT2D eigenvalue weighted by atomic mass is 9.52. The molecule has 4 heteroatoms. The van der Waals surface area contributed by atoms with E-state index in [0.717, 1.165) is 64.3 Å². The van der Waals surface area contributed by atoms with Gasteiger partial charge in [-0.3, -0.25) is 0 Å². The molecule has 2 heterocycles. The van der Waals surface area contributed by atoms with Crippen LogP contribution in [-0.4, -0.2) is 51.3 Å². The van der Waals surface area contributed by atoms with E-state index in [4.69, 9.17) is 18.9 Å². The van der Waals surface area contributed by atoms with Crippen LogP contribution in [0, 0.1) is 28.6 Å². The lowest BCUT2D eigenvalue weighted by molar-refractivity contribution is -0.280. The molecule has 0 amide bonds. The molecular formula is C22H36O4. The van der Waals surface area contributed by atoms with Crippen molar-refractivity contribution < 1.29 is 18.9 Å². The summed E-state index contributed by atoms with van der Waals surface area (Å²) in [6, 6.07) is 0. The van der Waals surface area contributed by atoms with Crippen molar-refractivity contribution in [3.8, 4) is 0 Å². The maximum absolute atomic E-state index is 6.87. The third-order valence-corrected chi connectivity index (χ3v) is 8.52. The van der Waals surface area contributed by atoms with Crippen molar-refractivity contribution >= 4 is 0 Å². The molecule has 4 saturated carbocycles. The van der Waals surface area contributed by atoms with Gasteiger partial charge in [0.1, 0.15) is 0 Å². The van der Waals surface area contributed by atoms with E-state index < -0.39 is 0 Å². The van der Waals surface area contributed by atoms with E-state index >= 15 is 0 Å². The molecule has 3 unspecified atom stereocenters. The first kappa shape index (κ1) is 17.9. The van der Waals surface area contributed by atoms with Crippen LogP contribution >= 0.6 is 0 Å². The average Bonchev–Trinajstić information content (AvgIpc) is 2.55. The van der Waals surface area contributed by atoms with E-state index in [-0.39, 0.29) is 16.4 Å². The fraction of sp³-hybridized carbons (Fsp3) is 1.00. The van der Waals surface area contributed by atoms with E-state index in [1.165, 1.54) is 32.1 Å². The van der Waals surface area contributed by atoms with Crippen molar-refractivity contribution in [3.63, 3.8) is 0 Å². The van der Waals surface area contributed by atoms with Crippen LogP contribution in [0.5, 0.6) is 0 Å². The Morgan fingerprint density at radius 2 is 1.38 bits per heavy atom. The fourth-order valence-corrected chi connectivity index (χ4v) is 6.53. The Balaban J connectivity index is 1.32. The Morgan fingerprint density at radius 1 is 0.808 bits per heavy atom. The number of ether oxygens (including phenoxy) is 4. The summed E-state index contributed by atoms with van der Waals surface area (Å²) in [5, 5.41) is 0. The van der Waals surface area contributed by atoms with Gasteiger partial charge in [0, 0.05) is 10.8 Å². The minimum absolute atomic E-state index is 0.0218. The molecule has 3 atom stereocenters. The molecule has 6 rings (SSSR count). The second kappa shape index (κ2) is 6.43. The van der Waals surface area contributed by atoms with Crippen LogP contribution in [0.15, 0.2) is 0 Å². The average molecular weight is 365 g/mol. The standard InChI is InChI=1S/C22H36O4/c1-3-20(10-23-11-20)14-25-19-18-6-16-5-17(7-18)9-22(19,8-16)26-15-21(4-2)12-24-13-21/h16-19H,3-15H2,1-2H3. The fourth-order valence-electron chi connectivity index (χ4n) is 6.53. The number of rotatable bonds is 8. The van der Waals surface area contributed by atoms with Crippen LogP contribution in [0.1, 0.15) is 58.8 Å². The molecular weight excluding hydrogens is 328 g/mol. The first-order valence-electron chi connectivity index (χ1n) is 11.0. The van der Waals surface area contributed by atoms with Gasteiger partial charge < -0.3 is 18.9 Å². The highest BCUT2D eigenvalue weighted by molar-refractivity contribution is 5.10.